The van der Waals surface area contributed by atoms with Crippen molar-refractivity contribution in [2.45, 2.75) is 12.7 Å². The average Bonchev–Trinajstić information content (AvgIpc) is 2.40. The molecule has 0 saturated carbocycles. The monoisotopic (exact) mass is 338 g/mol. The number of halogens is 1. The topological polar surface area (TPSA) is 76.1 Å². The predicted octanol–water partition coefficient (Wildman–Crippen LogP) is 2.60. The molecule has 1 aromatic heterocycles. The minimum atomic E-state index is -3.56. The molecule has 1 aromatic carbocycles. The Labute approximate surface area is 134 Å². The number of aromatic nitrogens is 1. The second kappa shape index (κ2) is 6.89. The largest absolute Gasteiger partial charge is 0.310 e. The van der Waals surface area contributed by atoms with Crippen LogP contribution in [0.15, 0.2) is 42.6 Å². The molecule has 1 amide bonds. The molecule has 1 N–H and O–H groups in total. The van der Waals surface area contributed by atoms with E-state index in [0.717, 1.165) is 5.56 Å². The minimum Gasteiger partial charge on any atom is -0.310 e. The molecule has 2 aromatic rings. The number of nitrogens with one attached hydrogen (secondary N) is 1. The van der Waals surface area contributed by atoms with Crippen LogP contribution in [0.25, 0.3) is 0 Å². The molecule has 0 spiro atoms. The van der Waals surface area contributed by atoms with Gasteiger partial charge in [0.1, 0.15) is 11.6 Å². The van der Waals surface area contributed by atoms with Crippen molar-refractivity contribution in [2.24, 2.45) is 0 Å². The second-order valence-corrected chi connectivity index (χ2v) is 7.43. The summed E-state index contributed by atoms with van der Waals surface area (Å²) in [7, 11) is -3.56. The van der Waals surface area contributed by atoms with E-state index in [1.165, 1.54) is 0 Å². The molecule has 5 nitrogen and oxygen atoms in total. The lowest BCUT2D eigenvalue weighted by atomic mass is 10.2. The summed E-state index contributed by atoms with van der Waals surface area (Å²) < 4.78 is 24.1. The second-order valence-electron chi connectivity index (χ2n) is 4.93. The maximum atomic E-state index is 12.0. The zero-order valence-electron chi connectivity index (χ0n) is 11.9. The first-order valence-corrected chi connectivity index (χ1v) is 8.71. The Morgan fingerprint density at radius 3 is 2.55 bits per heavy atom. The van der Waals surface area contributed by atoms with Crippen LogP contribution >= 0.6 is 11.6 Å². The van der Waals surface area contributed by atoms with Crippen molar-refractivity contribution in [3.8, 4) is 0 Å². The summed E-state index contributed by atoms with van der Waals surface area (Å²) in [4.78, 5) is 15.8. The summed E-state index contributed by atoms with van der Waals surface area (Å²) in [5.41, 5.74) is 1.51. The van der Waals surface area contributed by atoms with Crippen LogP contribution in [-0.4, -0.2) is 25.1 Å². The highest BCUT2D eigenvalue weighted by atomic mass is 35.5. The van der Waals surface area contributed by atoms with Crippen LogP contribution in [-0.2, 0) is 20.4 Å². The molecule has 0 radical (unpaired) electrons. The van der Waals surface area contributed by atoms with Gasteiger partial charge in [-0.1, -0.05) is 23.7 Å². The van der Waals surface area contributed by atoms with Crippen molar-refractivity contribution in [2.75, 3.05) is 11.1 Å². The molecule has 7 heteroatoms. The molecule has 22 heavy (non-hydrogen) atoms. The normalized spacial score (nSPS) is 11.2. The van der Waals surface area contributed by atoms with Crippen molar-refractivity contribution in [3.05, 3.63) is 58.7 Å². The Balaban J connectivity index is 1.99. The number of carbonyl (C=O) groups is 1. The van der Waals surface area contributed by atoms with E-state index in [2.05, 4.69) is 10.3 Å². The van der Waals surface area contributed by atoms with Gasteiger partial charge in [-0.2, -0.15) is 0 Å². The standard InChI is InChI=1S/C15H15ClN2O3S/c1-11-6-7-17-14(8-11)18-15(19)10-22(20,21)9-12-2-4-13(16)5-3-12/h2-8H,9-10H2,1H3,(H,17,18,19). The number of nitrogens with zero attached hydrogens (tertiary/aromatic N) is 1. The van der Waals surface area contributed by atoms with Gasteiger partial charge in [0, 0.05) is 11.2 Å². The van der Waals surface area contributed by atoms with E-state index < -0.39 is 21.5 Å². The molecule has 0 aliphatic heterocycles. The van der Waals surface area contributed by atoms with Gasteiger partial charge in [-0.05, 0) is 42.3 Å². The fraction of sp³-hybridized carbons (Fsp3) is 0.200. The smallest absolute Gasteiger partial charge is 0.240 e. The summed E-state index contributed by atoms with van der Waals surface area (Å²) in [5, 5.41) is 3.02. The van der Waals surface area contributed by atoms with E-state index in [1.54, 1.807) is 42.6 Å². The van der Waals surface area contributed by atoms with Gasteiger partial charge >= 0.3 is 0 Å². The van der Waals surface area contributed by atoms with Crippen LogP contribution < -0.4 is 5.32 Å². The maximum Gasteiger partial charge on any atom is 0.240 e. The van der Waals surface area contributed by atoms with Crippen molar-refractivity contribution >= 4 is 33.2 Å². The van der Waals surface area contributed by atoms with Gasteiger partial charge in [-0.15, -0.1) is 0 Å². The summed E-state index contributed by atoms with van der Waals surface area (Å²) in [6.07, 6.45) is 1.55. The first-order valence-electron chi connectivity index (χ1n) is 6.51. The Bertz CT molecular complexity index is 774. The van der Waals surface area contributed by atoms with Gasteiger partial charge in [0.05, 0.1) is 5.75 Å². The molecule has 0 fully saturated rings. The molecule has 0 atom stereocenters. The maximum absolute atomic E-state index is 12.0. The van der Waals surface area contributed by atoms with Gasteiger partial charge in [0.2, 0.25) is 5.91 Å². The zero-order chi connectivity index (χ0) is 16.2. The lowest BCUT2D eigenvalue weighted by molar-refractivity contribution is -0.113. The lowest BCUT2D eigenvalue weighted by Gasteiger charge is -2.06. The van der Waals surface area contributed by atoms with Crippen LogP contribution in [0.1, 0.15) is 11.1 Å². The van der Waals surface area contributed by atoms with Crippen molar-refractivity contribution in [1.29, 1.82) is 0 Å². The van der Waals surface area contributed by atoms with Gasteiger partial charge in [0.25, 0.3) is 0 Å². The number of rotatable bonds is 5. The lowest BCUT2D eigenvalue weighted by Crippen LogP contribution is -2.24. The molecule has 0 aliphatic carbocycles. The van der Waals surface area contributed by atoms with Gasteiger partial charge in [-0.3, -0.25) is 4.79 Å². The number of benzene rings is 1. The van der Waals surface area contributed by atoms with Crippen LogP contribution in [0.5, 0.6) is 0 Å². The Kier molecular flexibility index (Phi) is 5.15. The molecule has 0 aliphatic rings. The third-order valence-electron chi connectivity index (χ3n) is 2.83. The quantitative estimate of drug-likeness (QED) is 0.909. The first kappa shape index (κ1) is 16.5. The Morgan fingerprint density at radius 2 is 1.91 bits per heavy atom. The van der Waals surface area contributed by atoms with Gasteiger partial charge in [0.15, 0.2) is 9.84 Å². The number of amides is 1. The molecule has 0 bridgehead atoms. The highest BCUT2D eigenvalue weighted by molar-refractivity contribution is 7.91. The number of hydrogen-bond donors (Lipinski definition) is 1. The number of carbonyl (C=O) groups excluding carboxylic acids is 1. The summed E-state index contributed by atoms with van der Waals surface area (Å²) in [6.45, 7) is 1.86. The van der Waals surface area contributed by atoms with E-state index in [4.69, 9.17) is 11.6 Å². The predicted molar refractivity (Wildman–Crippen MR) is 86.5 cm³/mol. The highest BCUT2D eigenvalue weighted by Gasteiger charge is 2.18. The average molecular weight is 339 g/mol. The number of aryl methyl sites for hydroxylation is 1. The summed E-state index contributed by atoms with van der Waals surface area (Å²) in [5.74, 6) is -1.07. The van der Waals surface area contributed by atoms with Crippen LogP contribution in [0, 0.1) is 6.92 Å². The molecule has 0 saturated heterocycles. The Hall–Kier alpha value is -1.92. The Morgan fingerprint density at radius 1 is 1.23 bits per heavy atom. The number of anilines is 1. The molecule has 0 unspecified atom stereocenters. The summed E-state index contributed by atoms with van der Waals surface area (Å²) >= 11 is 5.75. The number of sulfone groups is 1. The van der Waals surface area contributed by atoms with E-state index in [1.807, 2.05) is 6.92 Å². The van der Waals surface area contributed by atoms with Crippen molar-refractivity contribution in [3.63, 3.8) is 0 Å². The molecule has 2 rings (SSSR count). The highest BCUT2D eigenvalue weighted by Crippen LogP contribution is 2.13. The van der Waals surface area contributed by atoms with Crippen molar-refractivity contribution < 1.29 is 13.2 Å². The zero-order valence-corrected chi connectivity index (χ0v) is 13.5. The molecular formula is C15H15ClN2O3S. The SMILES string of the molecule is Cc1ccnc(NC(=O)CS(=O)(=O)Cc2ccc(Cl)cc2)c1. The first-order chi connectivity index (χ1) is 10.3. The number of pyridine rings is 1. The van der Waals surface area contributed by atoms with E-state index in [0.29, 0.717) is 16.4 Å². The third-order valence-corrected chi connectivity index (χ3v) is 4.56. The fourth-order valence-corrected chi connectivity index (χ4v) is 3.27. The van der Waals surface area contributed by atoms with Crippen LogP contribution in [0.4, 0.5) is 5.82 Å². The van der Waals surface area contributed by atoms with E-state index in [-0.39, 0.29) is 5.75 Å². The summed E-state index contributed by atoms with van der Waals surface area (Å²) in [6, 6.07) is 9.93. The molecule has 116 valence electrons. The molecule has 1 heterocycles. The van der Waals surface area contributed by atoms with Gasteiger partial charge < -0.3 is 5.32 Å². The third kappa shape index (κ3) is 5.13. The van der Waals surface area contributed by atoms with Crippen LogP contribution in [0.2, 0.25) is 5.02 Å². The van der Waals surface area contributed by atoms with Crippen molar-refractivity contribution in [1.82, 2.24) is 4.98 Å². The van der Waals surface area contributed by atoms with Crippen LogP contribution in [0.3, 0.4) is 0 Å². The molecular weight excluding hydrogens is 324 g/mol. The number of hydrogen-bond acceptors (Lipinski definition) is 4. The van der Waals surface area contributed by atoms with Gasteiger partial charge in [-0.25, -0.2) is 13.4 Å². The fourth-order valence-electron chi connectivity index (χ4n) is 1.87. The van der Waals surface area contributed by atoms with E-state index >= 15 is 0 Å². The van der Waals surface area contributed by atoms with E-state index in [9.17, 15) is 13.2 Å². The minimum absolute atomic E-state index is 0.209.